The SMILES string of the molecule is [O-]N(O)c1cccc(C2ON2C2CCCCC2)c1. The minimum atomic E-state index is -0.114. The number of hydroxylamine groups is 2. The van der Waals surface area contributed by atoms with Gasteiger partial charge in [-0.15, -0.1) is 5.06 Å². The highest BCUT2D eigenvalue weighted by atomic mass is 16.8. The molecule has 3 rings (SSSR count). The zero-order chi connectivity index (χ0) is 12.5. The molecule has 2 unspecified atom stereocenters. The van der Waals surface area contributed by atoms with Crippen molar-refractivity contribution in [2.45, 2.75) is 44.4 Å². The number of benzene rings is 1. The fraction of sp³-hybridized carbons (Fsp3) is 0.538. The van der Waals surface area contributed by atoms with Gasteiger partial charge >= 0.3 is 0 Å². The Bertz CT molecular complexity index is 418. The third-order valence-corrected chi connectivity index (χ3v) is 3.72. The predicted molar refractivity (Wildman–Crippen MR) is 66.6 cm³/mol. The Morgan fingerprint density at radius 1 is 1.28 bits per heavy atom. The Hall–Kier alpha value is -1.14. The maximum Gasteiger partial charge on any atom is 0.180 e. The molecule has 1 N–H and O–H groups in total. The van der Waals surface area contributed by atoms with E-state index in [1.165, 1.54) is 32.1 Å². The standard InChI is InChI=1S/C13H17N2O3/c16-15(17)12-8-4-5-10(9-12)13-14(18-13)11-6-2-1-3-7-11/h4-5,8-9,11,13,16H,1-3,6-7H2/q-1. The fourth-order valence-corrected chi connectivity index (χ4v) is 2.71. The maximum absolute atomic E-state index is 10.8. The fourth-order valence-electron chi connectivity index (χ4n) is 2.71. The van der Waals surface area contributed by atoms with Crippen molar-refractivity contribution in [3.05, 3.63) is 35.0 Å². The first-order valence-corrected chi connectivity index (χ1v) is 6.47. The largest absolute Gasteiger partial charge is 0.733 e. The van der Waals surface area contributed by atoms with Crippen LogP contribution in [-0.4, -0.2) is 16.3 Å². The Balaban J connectivity index is 1.68. The van der Waals surface area contributed by atoms with Gasteiger partial charge in [0.15, 0.2) is 6.23 Å². The van der Waals surface area contributed by atoms with Crippen LogP contribution in [0.5, 0.6) is 0 Å². The van der Waals surface area contributed by atoms with Gasteiger partial charge in [0.25, 0.3) is 0 Å². The van der Waals surface area contributed by atoms with Crippen molar-refractivity contribution in [1.82, 2.24) is 5.06 Å². The van der Waals surface area contributed by atoms with Crippen molar-refractivity contribution in [3.8, 4) is 0 Å². The summed E-state index contributed by atoms with van der Waals surface area (Å²) in [6, 6.07) is 7.42. The van der Waals surface area contributed by atoms with Gasteiger partial charge in [-0.2, -0.15) is 0 Å². The Morgan fingerprint density at radius 3 is 2.78 bits per heavy atom. The van der Waals surface area contributed by atoms with E-state index in [0.29, 0.717) is 6.04 Å². The van der Waals surface area contributed by atoms with Crippen molar-refractivity contribution in [1.29, 1.82) is 0 Å². The molecule has 0 amide bonds. The molecule has 98 valence electrons. The number of hydrogen-bond donors (Lipinski definition) is 1. The highest BCUT2D eigenvalue weighted by Gasteiger charge is 2.43. The van der Waals surface area contributed by atoms with Crippen LogP contribution >= 0.6 is 0 Å². The van der Waals surface area contributed by atoms with E-state index in [9.17, 15) is 5.21 Å². The van der Waals surface area contributed by atoms with E-state index in [2.05, 4.69) is 0 Å². The lowest BCUT2D eigenvalue weighted by atomic mass is 9.95. The first kappa shape index (κ1) is 11.9. The van der Waals surface area contributed by atoms with Crippen molar-refractivity contribution in [2.24, 2.45) is 0 Å². The summed E-state index contributed by atoms with van der Waals surface area (Å²) in [6.07, 6.45) is 6.17. The molecule has 0 radical (unpaired) electrons. The van der Waals surface area contributed by atoms with Gasteiger partial charge in [-0.05, 0) is 25.0 Å². The topological polar surface area (TPSA) is 62.1 Å². The van der Waals surface area contributed by atoms with Crippen molar-refractivity contribution in [3.63, 3.8) is 0 Å². The summed E-state index contributed by atoms with van der Waals surface area (Å²) >= 11 is 0. The molecule has 1 saturated heterocycles. The second kappa shape index (κ2) is 4.85. The number of nitrogens with zero attached hydrogens (tertiary/aromatic N) is 2. The molecule has 2 atom stereocenters. The summed E-state index contributed by atoms with van der Waals surface area (Å²) in [4.78, 5) is 5.61. The molecule has 1 heterocycles. The van der Waals surface area contributed by atoms with Crippen LogP contribution in [0.1, 0.15) is 43.9 Å². The third-order valence-electron chi connectivity index (χ3n) is 3.72. The van der Waals surface area contributed by atoms with Crippen LogP contribution in [-0.2, 0) is 4.84 Å². The molecular formula is C13H17N2O3-. The van der Waals surface area contributed by atoms with Crippen LogP contribution in [0.25, 0.3) is 0 Å². The van der Waals surface area contributed by atoms with Gasteiger partial charge in [0.1, 0.15) is 0 Å². The molecule has 0 aromatic heterocycles. The summed E-state index contributed by atoms with van der Waals surface area (Å²) in [5.74, 6) is 0. The van der Waals surface area contributed by atoms with Gasteiger partial charge in [0, 0.05) is 11.6 Å². The highest BCUT2D eigenvalue weighted by Crippen LogP contribution is 2.43. The number of anilines is 1. The zero-order valence-electron chi connectivity index (χ0n) is 10.2. The molecule has 0 bridgehead atoms. The summed E-state index contributed by atoms with van der Waals surface area (Å²) in [5.41, 5.74) is 1.17. The van der Waals surface area contributed by atoms with E-state index < -0.39 is 0 Å². The minimum Gasteiger partial charge on any atom is -0.733 e. The molecular weight excluding hydrogens is 232 g/mol. The van der Waals surface area contributed by atoms with E-state index in [1.807, 2.05) is 11.1 Å². The molecule has 1 aromatic carbocycles. The summed E-state index contributed by atoms with van der Waals surface area (Å²) < 4.78 is 0. The average molecular weight is 249 g/mol. The van der Waals surface area contributed by atoms with Gasteiger partial charge < -0.3 is 10.4 Å². The second-order valence-electron chi connectivity index (χ2n) is 4.98. The second-order valence-corrected chi connectivity index (χ2v) is 4.98. The lowest BCUT2D eigenvalue weighted by molar-refractivity contribution is 0.119. The highest BCUT2D eigenvalue weighted by molar-refractivity contribution is 5.47. The quantitative estimate of drug-likeness (QED) is 0.659. The van der Waals surface area contributed by atoms with Gasteiger partial charge in [0.05, 0.1) is 5.69 Å². The van der Waals surface area contributed by atoms with E-state index in [0.717, 1.165) is 5.56 Å². The lowest BCUT2D eigenvalue weighted by Crippen LogP contribution is -2.21. The van der Waals surface area contributed by atoms with Crippen molar-refractivity contribution < 1.29 is 10.0 Å². The van der Waals surface area contributed by atoms with E-state index in [-0.39, 0.29) is 17.1 Å². The normalized spacial score (nSPS) is 28.1. The Labute approximate surface area is 106 Å². The summed E-state index contributed by atoms with van der Waals surface area (Å²) in [7, 11) is 0. The van der Waals surface area contributed by atoms with Crippen LogP contribution in [0.2, 0.25) is 0 Å². The average Bonchev–Trinajstić information content (AvgIpc) is 3.20. The van der Waals surface area contributed by atoms with Crippen LogP contribution in [0.15, 0.2) is 24.3 Å². The van der Waals surface area contributed by atoms with E-state index in [1.54, 1.807) is 18.2 Å². The van der Waals surface area contributed by atoms with Gasteiger partial charge in [-0.3, -0.25) is 10.0 Å². The van der Waals surface area contributed by atoms with Crippen LogP contribution in [0.3, 0.4) is 0 Å². The summed E-state index contributed by atoms with van der Waals surface area (Å²) in [5, 5.41) is 21.6. The minimum absolute atomic E-state index is 0.0481. The third kappa shape index (κ3) is 2.35. The number of hydrogen-bond acceptors (Lipinski definition) is 5. The monoisotopic (exact) mass is 249 g/mol. The van der Waals surface area contributed by atoms with Crippen molar-refractivity contribution in [2.75, 3.05) is 5.23 Å². The Kier molecular flexibility index (Phi) is 3.22. The summed E-state index contributed by atoms with van der Waals surface area (Å²) in [6.45, 7) is 0. The molecule has 1 saturated carbocycles. The predicted octanol–water partition coefficient (Wildman–Crippen LogP) is 2.96. The molecule has 1 aliphatic carbocycles. The van der Waals surface area contributed by atoms with Crippen LogP contribution < -0.4 is 5.23 Å². The van der Waals surface area contributed by atoms with E-state index >= 15 is 0 Å². The Morgan fingerprint density at radius 2 is 2.06 bits per heavy atom. The molecule has 2 aliphatic rings. The van der Waals surface area contributed by atoms with Crippen molar-refractivity contribution >= 4 is 5.69 Å². The van der Waals surface area contributed by atoms with Crippen LogP contribution in [0.4, 0.5) is 5.69 Å². The molecule has 1 aliphatic heterocycles. The van der Waals surface area contributed by atoms with E-state index in [4.69, 9.17) is 10.0 Å². The molecule has 1 aromatic rings. The number of rotatable bonds is 3. The molecule has 0 spiro atoms. The smallest absolute Gasteiger partial charge is 0.180 e. The lowest BCUT2D eigenvalue weighted by Gasteiger charge is -2.22. The van der Waals surface area contributed by atoms with Gasteiger partial charge in [-0.1, -0.05) is 31.4 Å². The van der Waals surface area contributed by atoms with Gasteiger partial charge in [0.2, 0.25) is 0 Å². The van der Waals surface area contributed by atoms with Crippen LogP contribution in [0, 0.1) is 5.21 Å². The molecule has 18 heavy (non-hydrogen) atoms. The zero-order valence-corrected chi connectivity index (χ0v) is 10.2. The first-order chi connectivity index (χ1) is 8.75. The molecule has 2 fully saturated rings. The maximum atomic E-state index is 10.8. The molecule has 5 nitrogen and oxygen atoms in total. The van der Waals surface area contributed by atoms with Gasteiger partial charge in [-0.25, -0.2) is 0 Å². The first-order valence-electron chi connectivity index (χ1n) is 6.47. The molecule has 5 heteroatoms.